The van der Waals surface area contributed by atoms with E-state index >= 15 is 0 Å². The van der Waals surface area contributed by atoms with E-state index in [-0.39, 0.29) is 5.69 Å². The summed E-state index contributed by atoms with van der Waals surface area (Å²) in [5.74, 6) is 0. The van der Waals surface area contributed by atoms with Crippen molar-refractivity contribution in [3.8, 4) is 0 Å². The molecule has 2 aromatic heterocycles. The summed E-state index contributed by atoms with van der Waals surface area (Å²) >= 11 is 6.21. The largest absolute Gasteiger partial charge is 0.331 e. The minimum Gasteiger partial charge on any atom is -0.307 e. The Balaban J connectivity index is 2.41. The summed E-state index contributed by atoms with van der Waals surface area (Å²) < 4.78 is 1.67. The van der Waals surface area contributed by atoms with Crippen LogP contribution in [0, 0.1) is 0 Å². The Kier molecular flexibility index (Phi) is 2.03. The molecule has 0 amide bonds. The monoisotopic (exact) mass is 268 g/mol. The number of nitrogens with zero attached hydrogens (tertiary/aromatic N) is 1. The first-order valence-electron chi connectivity index (χ1n) is 5.96. The molecule has 3 nitrogen and oxygen atoms in total. The minimum atomic E-state index is -0.147. The van der Waals surface area contributed by atoms with Crippen molar-refractivity contribution in [3.05, 3.63) is 64.0 Å². The summed E-state index contributed by atoms with van der Waals surface area (Å²) in [4.78, 5) is 15.1. The Morgan fingerprint density at radius 3 is 2.68 bits per heavy atom. The van der Waals surface area contributed by atoms with E-state index in [1.165, 1.54) is 0 Å². The van der Waals surface area contributed by atoms with Gasteiger partial charge in [-0.3, -0.25) is 4.40 Å². The van der Waals surface area contributed by atoms with Gasteiger partial charge in [0, 0.05) is 15.8 Å². The molecule has 0 aliphatic carbocycles. The molecule has 0 aliphatic heterocycles. The molecule has 1 N–H and O–H groups in total. The molecule has 0 atom stereocenters. The predicted octanol–water partition coefficient (Wildman–Crippen LogP) is 3.59. The van der Waals surface area contributed by atoms with Gasteiger partial charge in [-0.2, -0.15) is 0 Å². The highest BCUT2D eigenvalue weighted by Gasteiger charge is 2.10. The number of aromatic nitrogens is 2. The van der Waals surface area contributed by atoms with Crippen molar-refractivity contribution >= 4 is 38.9 Å². The third-order valence-corrected chi connectivity index (χ3v) is 3.77. The van der Waals surface area contributed by atoms with Crippen LogP contribution in [0.25, 0.3) is 27.3 Å². The molecule has 0 saturated heterocycles. The SMILES string of the molecule is O=c1[nH]c2ccccc2c2cc3c(Cl)cccc3n12. The van der Waals surface area contributed by atoms with E-state index in [2.05, 4.69) is 4.98 Å². The summed E-state index contributed by atoms with van der Waals surface area (Å²) in [6, 6.07) is 15.3. The van der Waals surface area contributed by atoms with Crippen molar-refractivity contribution in [2.75, 3.05) is 0 Å². The van der Waals surface area contributed by atoms with Gasteiger partial charge in [-0.1, -0.05) is 35.9 Å². The van der Waals surface area contributed by atoms with Crippen LogP contribution in [-0.2, 0) is 0 Å². The summed E-state index contributed by atoms with van der Waals surface area (Å²) in [5.41, 5.74) is 2.39. The van der Waals surface area contributed by atoms with E-state index in [1.807, 2.05) is 48.5 Å². The van der Waals surface area contributed by atoms with E-state index in [0.717, 1.165) is 27.3 Å². The summed E-state index contributed by atoms with van der Waals surface area (Å²) in [6.45, 7) is 0. The van der Waals surface area contributed by atoms with Crippen LogP contribution in [0.4, 0.5) is 0 Å². The molecular formula is C15H9ClN2O. The van der Waals surface area contributed by atoms with E-state index in [4.69, 9.17) is 11.6 Å². The second-order valence-electron chi connectivity index (χ2n) is 4.51. The van der Waals surface area contributed by atoms with Gasteiger partial charge in [-0.05, 0) is 24.3 Å². The topological polar surface area (TPSA) is 37.3 Å². The molecule has 0 spiro atoms. The maximum atomic E-state index is 12.2. The van der Waals surface area contributed by atoms with Crippen LogP contribution >= 0.6 is 11.6 Å². The van der Waals surface area contributed by atoms with Crippen molar-refractivity contribution in [1.29, 1.82) is 0 Å². The number of hydrogen-bond donors (Lipinski definition) is 1. The van der Waals surface area contributed by atoms with Crippen molar-refractivity contribution < 1.29 is 0 Å². The Bertz CT molecular complexity index is 997. The van der Waals surface area contributed by atoms with Gasteiger partial charge >= 0.3 is 5.69 Å². The zero-order chi connectivity index (χ0) is 13.0. The number of para-hydroxylation sites is 1. The number of aromatic amines is 1. The highest BCUT2D eigenvalue weighted by atomic mass is 35.5. The number of hydrogen-bond acceptors (Lipinski definition) is 1. The van der Waals surface area contributed by atoms with E-state index in [0.29, 0.717) is 5.02 Å². The standard InChI is InChI=1S/C15H9ClN2O/c16-11-5-3-7-13-10(11)8-14-9-4-1-2-6-12(9)17-15(19)18(13)14/h1-8H,(H,17,19). The van der Waals surface area contributed by atoms with Gasteiger partial charge in [0.05, 0.1) is 16.6 Å². The minimum absolute atomic E-state index is 0.147. The van der Waals surface area contributed by atoms with Crippen LogP contribution in [-0.4, -0.2) is 9.38 Å². The van der Waals surface area contributed by atoms with E-state index < -0.39 is 0 Å². The molecule has 0 radical (unpaired) electrons. The lowest BCUT2D eigenvalue weighted by molar-refractivity contribution is 1.07. The third kappa shape index (κ3) is 1.36. The van der Waals surface area contributed by atoms with Crippen molar-refractivity contribution in [3.63, 3.8) is 0 Å². The highest BCUT2D eigenvalue weighted by molar-refractivity contribution is 6.35. The average Bonchev–Trinajstić information content (AvgIpc) is 2.81. The lowest BCUT2D eigenvalue weighted by Gasteiger charge is -2.01. The second kappa shape index (κ2) is 3.62. The van der Waals surface area contributed by atoms with Crippen LogP contribution in [0.3, 0.4) is 0 Å². The number of H-pyrrole nitrogens is 1. The Morgan fingerprint density at radius 2 is 1.79 bits per heavy atom. The molecule has 4 rings (SSSR count). The van der Waals surface area contributed by atoms with Crippen LogP contribution < -0.4 is 5.69 Å². The molecule has 4 heteroatoms. The molecule has 19 heavy (non-hydrogen) atoms. The quantitative estimate of drug-likeness (QED) is 0.520. The van der Waals surface area contributed by atoms with Crippen LogP contribution in [0.1, 0.15) is 0 Å². The molecule has 4 aromatic rings. The van der Waals surface area contributed by atoms with Gasteiger partial charge in [0.15, 0.2) is 0 Å². The zero-order valence-corrected chi connectivity index (χ0v) is 10.6. The van der Waals surface area contributed by atoms with E-state index in [9.17, 15) is 4.79 Å². The Labute approximate surface area is 113 Å². The van der Waals surface area contributed by atoms with E-state index in [1.54, 1.807) is 4.40 Å². The molecule has 0 bridgehead atoms. The van der Waals surface area contributed by atoms with Gasteiger partial charge in [0.2, 0.25) is 0 Å². The first-order valence-corrected chi connectivity index (χ1v) is 6.34. The normalized spacial score (nSPS) is 11.6. The number of benzene rings is 2. The van der Waals surface area contributed by atoms with Crippen LogP contribution in [0.2, 0.25) is 5.02 Å². The smallest absolute Gasteiger partial charge is 0.307 e. The maximum Gasteiger partial charge on any atom is 0.331 e. The predicted molar refractivity (Wildman–Crippen MR) is 78.0 cm³/mol. The summed E-state index contributed by atoms with van der Waals surface area (Å²) in [7, 11) is 0. The Morgan fingerprint density at radius 1 is 0.947 bits per heavy atom. The average molecular weight is 269 g/mol. The second-order valence-corrected chi connectivity index (χ2v) is 4.92. The lowest BCUT2D eigenvalue weighted by Crippen LogP contribution is -2.15. The van der Waals surface area contributed by atoms with Crippen LogP contribution in [0.15, 0.2) is 53.3 Å². The summed E-state index contributed by atoms with van der Waals surface area (Å²) in [5, 5.41) is 2.56. The number of rotatable bonds is 0. The fraction of sp³-hybridized carbons (Fsp3) is 0. The van der Waals surface area contributed by atoms with Crippen molar-refractivity contribution in [2.24, 2.45) is 0 Å². The number of nitrogens with one attached hydrogen (secondary N) is 1. The molecule has 2 aromatic carbocycles. The maximum absolute atomic E-state index is 12.2. The Hall–Kier alpha value is -2.26. The first kappa shape index (κ1) is 10.6. The van der Waals surface area contributed by atoms with Gasteiger partial charge in [0.25, 0.3) is 0 Å². The number of fused-ring (bicyclic) bond motifs is 5. The molecule has 2 heterocycles. The third-order valence-electron chi connectivity index (χ3n) is 3.44. The highest BCUT2D eigenvalue weighted by Crippen LogP contribution is 2.28. The van der Waals surface area contributed by atoms with Gasteiger partial charge < -0.3 is 4.98 Å². The number of halogens is 1. The zero-order valence-electron chi connectivity index (χ0n) is 9.85. The molecule has 0 aliphatic rings. The van der Waals surface area contributed by atoms with Crippen molar-refractivity contribution in [1.82, 2.24) is 9.38 Å². The molecule has 92 valence electrons. The fourth-order valence-corrected chi connectivity index (χ4v) is 2.82. The first-order chi connectivity index (χ1) is 9.25. The van der Waals surface area contributed by atoms with Crippen molar-refractivity contribution in [2.45, 2.75) is 0 Å². The summed E-state index contributed by atoms with van der Waals surface area (Å²) in [6.07, 6.45) is 0. The molecular weight excluding hydrogens is 260 g/mol. The van der Waals surface area contributed by atoms with Crippen LogP contribution in [0.5, 0.6) is 0 Å². The van der Waals surface area contributed by atoms with Gasteiger partial charge in [-0.25, -0.2) is 4.79 Å². The molecule has 0 unspecified atom stereocenters. The fourth-order valence-electron chi connectivity index (χ4n) is 2.60. The lowest BCUT2D eigenvalue weighted by atomic mass is 10.2. The van der Waals surface area contributed by atoms with Gasteiger partial charge in [0.1, 0.15) is 0 Å². The molecule has 0 fully saturated rings. The van der Waals surface area contributed by atoms with Gasteiger partial charge in [-0.15, -0.1) is 0 Å². The molecule has 0 saturated carbocycles.